The molecule has 1 amide bonds. The number of anilines is 1. The number of carbonyl (C=O) groups is 1. The number of halogens is 7. The molecule has 0 radical (unpaired) electrons. The Morgan fingerprint density at radius 3 is 2.26 bits per heavy atom. The first kappa shape index (κ1) is 28.7. The Balaban J connectivity index is 1.92. The van der Waals surface area contributed by atoms with Gasteiger partial charge >= 0.3 is 12.5 Å². The minimum atomic E-state index is -4.87. The van der Waals surface area contributed by atoms with E-state index in [1.54, 1.807) is 0 Å². The van der Waals surface area contributed by atoms with E-state index in [2.05, 4.69) is 4.74 Å². The average molecular weight is 556 g/mol. The minimum absolute atomic E-state index is 0.0385. The number of ether oxygens (including phenoxy) is 1. The molecular formula is C26H20ClF6N3O2. The lowest BCUT2D eigenvalue weighted by Crippen LogP contribution is -2.33. The molecule has 0 bridgehead atoms. The Bertz CT molecular complexity index is 1320. The van der Waals surface area contributed by atoms with Gasteiger partial charge in [-0.1, -0.05) is 41.9 Å². The number of nitrogens with zero attached hydrogens (tertiary/aromatic N) is 3. The molecule has 200 valence electrons. The zero-order valence-electron chi connectivity index (χ0n) is 19.8. The van der Waals surface area contributed by atoms with Gasteiger partial charge in [-0.25, -0.2) is 0 Å². The predicted molar refractivity (Wildman–Crippen MR) is 128 cm³/mol. The van der Waals surface area contributed by atoms with Gasteiger partial charge in [-0.15, -0.1) is 13.2 Å². The molecule has 0 aliphatic rings. The summed E-state index contributed by atoms with van der Waals surface area (Å²) in [6, 6.07) is 13.9. The molecule has 3 aromatic carbocycles. The lowest BCUT2D eigenvalue weighted by atomic mass is 10.1. The third-order valence-corrected chi connectivity index (χ3v) is 5.68. The Hall–Kier alpha value is -3.91. The summed E-state index contributed by atoms with van der Waals surface area (Å²) < 4.78 is 80.8. The fourth-order valence-electron chi connectivity index (χ4n) is 3.63. The number of benzene rings is 3. The largest absolute Gasteiger partial charge is 0.573 e. The van der Waals surface area contributed by atoms with Crippen molar-refractivity contribution in [2.75, 3.05) is 18.5 Å². The summed E-state index contributed by atoms with van der Waals surface area (Å²) >= 11 is 6.09. The molecule has 0 aliphatic heterocycles. The van der Waals surface area contributed by atoms with Gasteiger partial charge in [-0.3, -0.25) is 9.69 Å². The number of rotatable bonds is 8. The number of nitriles is 1. The molecule has 3 rings (SSSR count). The summed E-state index contributed by atoms with van der Waals surface area (Å²) in [5.74, 6) is -1.02. The molecule has 38 heavy (non-hydrogen) atoms. The van der Waals surface area contributed by atoms with E-state index in [4.69, 9.17) is 11.6 Å². The molecule has 0 atom stereocenters. The van der Waals surface area contributed by atoms with Gasteiger partial charge < -0.3 is 9.64 Å². The first-order valence-electron chi connectivity index (χ1n) is 11.0. The lowest BCUT2D eigenvalue weighted by Gasteiger charge is -2.25. The highest BCUT2D eigenvalue weighted by Gasteiger charge is 2.31. The van der Waals surface area contributed by atoms with Gasteiger partial charge in [0.2, 0.25) is 0 Å². The number of alkyl halides is 6. The van der Waals surface area contributed by atoms with E-state index in [9.17, 15) is 36.4 Å². The van der Waals surface area contributed by atoms with Crippen molar-refractivity contribution in [1.29, 1.82) is 5.26 Å². The van der Waals surface area contributed by atoms with Crippen LogP contribution in [0.5, 0.6) is 5.75 Å². The fraction of sp³-hybridized carbons (Fsp3) is 0.231. The topological polar surface area (TPSA) is 56.6 Å². The van der Waals surface area contributed by atoms with E-state index in [1.807, 2.05) is 6.19 Å². The molecule has 5 nitrogen and oxygen atoms in total. The van der Waals surface area contributed by atoms with E-state index in [-0.39, 0.29) is 35.8 Å². The summed E-state index contributed by atoms with van der Waals surface area (Å²) in [5.41, 5.74) is 0.254. The molecule has 0 saturated carbocycles. The van der Waals surface area contributed by atoms with Crippen molar-refractivity contribution < 1.29 is 35.9 Å². The smallest absolute Gasteiger partial charge is 0.406 e. The van der Waals surface area contributed by atoms with Crippen LogP contribution in [-0.2, 0) is 19.1 Å². The van der Waals surface area contributed by atoms with E-state index < -0.39 is 29.8 Å². The molecule has 12 heteroatoms. The van der Waals surface area contributed by atoms with Crippen LogP contribution < -0.4 is 9.64 Å². The van der Waals surface area contributed by atoms with E-state index in [1.165, 1.54) is 54.4 Å². The highest BCUT2D eigenvalue weighted by Crippen LogP contribution is 2.30. The summed E-state index contributed by atoms with van der Waals surface area (Å²) in [5, 5.41) is 9.54. The molecule has 0 aliphatic carbocycles. The highest BCUT2D eigenvalue weighted by molar-refractivity contribution is 6.31. The van der Waals surface area contributed by atoms with Gasteiger partial charge in [0.25, 0.3) is 5.91 Å². The zero-order chi connectivity index (χ0) is 28.1. The number of amides is 1. The molecule has 0 saturated heterocycles. The fourth-order valence-corrected chi connectivity index (χ4v) is 3.80. The third-order valence-electron chi connectivity index (χ3n) is 5.44. The van der Waals surface area contributed by atoms with Crippen LogP contribution in [0, 0.1) is 11.5 Å². The normalized spacial score (nSPS) is 11.6. The Labute approximate surface area is 219 Å². The second-order valence-electron chi connectivity index (χ2n) is 8.19. The molecule has 0 heterocycles. The first-order chi connectivity index (χ1) is 17.8. The minimum Gasteiger partial charge on any atom is -0.406 e. The van der Waals surface area contributed by atoms with Crippen molar-refractivity contribution in [1.82, 2.24) is 4.90 Å². The van der Waals surface area contributed by atoms with E-state index in [0.29, 0.717) is 11.1 Å². The van der Waals surface area contributed by atoms with Gasteiger partial charge in [-0.05, 0) is 53.9 Å². The van der Waals surface area contributed by atoms with Crippen molar-refractivity contribution >= 4 is 23.2 Å². The second kappa shape index (κ2) is 11.6. The predicted octanol–water partition coefficient (Wildman–Crippen LogP) is 7.06. The van der Waals surface area contributed by atoms with Crippen molar-refractivity contribution in [3.63, 3.8) is 0 Å². The summed E-state index contributed by atoms with van der Waals surface area (Å²) in [4.78, 5) is 16.1. The van der Waals surface area contributed by atoms with Crippen molar-refractivity contribution in [3.05, 3.63) is 94.0 Å². The van der Waals surface area contributed by atoms with E-state index >= 15 is 0 Å². The highest BCUT2D eigenvalue weighted by atomic mass is 35.5. The maximum absolute atomic E-state index is 13.6. The number of carbonyl (C=O) groups excluding carboxylic acids is 1. The van der Waals surface area contributed by atoms with Gasteiger partial charge in [0.15, 0.2) is 6.19 Å². The van der Waals surface area contributed by atoms with Crippen LogP contribution >= 0.6 is 11.6 Å². The van der Waals surface area contributed by atoms with Crippen molar-refractivity contribution in [2.24, 2.45) is 0 Å². The molecule has 0 fully saturated rings. The third kappa shape index (κ3) is 7.79. The lowest BCUT2D eigenvalue weighted by molar-refractivity contribution is -0.274. The first-order valence-corrected chi connectivity index (χ1v) is 11.4. The Morgan fingerprint density at radius 2 is 1.66 bits per heavy atom. The standard InChI is InChI=1S/C26H20ClF6N3O2/c1-35(16-34)23-10-7-20(27)14-22(23)24(37)36(12-11-17-3-2-4-19(13-17)25(28,29)30)15-18-5-8-21(9-6-18)38-26(31,32)33/h2-10,13-14H,11-12,15H2,1H3. The number of hydrogen-bond donors (Lipinski definition) is 0. The second-order valence-corrected chi connectivity index (χ2v) is 8.62. The quantitative estimate of drug-likeness (QED) is 0.170. The summed E-state index contributed by atoms with van der Waals surface area (Å²) in [6.07, 6.45) is -7.46. The molecule has 0 spiro atoms. The summed E-state index contributed by atoms with van der Waals surface area (Å²) in [6.45, 7) is -0.129. The average Bonchev–Trinajstić information content (AvgIpc) is 2.85. The van der Waals surface area contributed by atoms with Crippen molar-refractivity contribution in [3.8, 4) is 11.9 Å². The number of hydrogen-bond acceptors (Lipinski definition) is 4. The van der Waals surface area contributed by atoms with Gasteiger partial charge in [0, 0.05) is 25.2 Å². The van der Waals surface area contributed by atoms with Gasteiger partial charge in [-0.2, -0.15) is 18.4 Å². The van der Waals surface area contributed by atoms with Crippen LogP contribution in [0.25, 0.3) is 0 Å². The van der Waals surface area contributed by atoms with Crippen LogP contribution in [0.3, 0.4) is 0 Å². The van der Waals surface area contributed by atoms with Crippen LogP contribution in [0.2, 0.25) is 5.02 Å². The zero-order valence-corrected chi connectivity index (χ0v) is 20.5. The summed E-state index contributed by atoms with van der Waals surface area (Å²) in [7, 11) is 1.44. The van der Waals surface area contributed by atoms with Crippen LogP contribution in [-0.4, -0.2) is 30.8 Å². The van der Waals surface area contributed by atoms with Gasteiger partial charge in [0.1, 0.15) is 5.75 Å². The van der Waals surface area contributed by atoms with Crippen LogP contribution in [0.15, 0.2) is 66.7 Å². The molecule has 0 aromatic heterocycles. The Morgan fingerprint density at radius 1 is 0.974 bits per heavy atom. The van der Waals surface area contributed by atoms with Gasteiger partial charge in [0.05, 0.1) is 16.8 Å². The maximum atomic E-state index is 13.6. The molecule has 0 N–H and O–H groups in total. The van der Waals surface area contributed by atoms with E-state index in [0.717, 1.165) is 29.2 Å². The van der Waals surface area contributed by atoms with Crippen LogP contribution in [0.1, 0.15) is 27.0 Å². The SMILES string of the molecule is CN(C#N)c1ccc(Cl)cc1C(=O)N(CCc1cccc(C(F)(F)F)c1)Cc1ccc(OC(F)(F)F)cc1. The molecule has 0 unspecified atom stereocenters. The maximum Gasteiger partial charge on any atom is 0.573 e. The Kier molecular flexibility index (Phi) is 8.78. The molecule has 3 aromatic rings. The monoisotopic (exact) mass is 555 g/mol. The molecular weight excluding hydrogens is 536 g/mol. The van der Waals surface area contributed by atoms with Crippen molar-refractivity contribution in [2.45, 2.75) is 25.5 Å². The van der Waals surface area contributed by atoms with Crippen LogP contribution in [0.4, 0.5) is 32.0 Å².